The van der Waals surface area contributed by atoms with Crippen LogP contribution in [0.5, 0.6) is 0 Å². The molecule has 0 heterocycles. The Hall–Kier alpha value is -1.32. The molecule has 0 fully saturated rings. The molecule has 0 amide bonds. The van der Waals surface area contributed by atoms with Crippen molar-refractivity contribution in [2.45, 2.75) is 19.3 Å². The largest absolute Gasteiger partial charge is 0.481 e. The Morgan fingerprint density at radius 1 is 1.27 bits per heavy atom. The van der Waals surface area contributed by atoms with Gasteiger partial charge in [0.1, 0.15) is 0 Å². The highest BCUT2D eigenvalue weighted by Crippen LogP contribution is 1.95. The normalized spacial score (nSPS) is 10.2. The fourth-order valence-electron chi connectivity index (χ4n) is 0.555. The molecule has 0 aliphatic rings. The fraction of sp³-hybridized carbons (Fsp3) is 0.429. The molecule has 2 N–H and O–H groups in total. The number of hydrogen-bond donors (Lipinski definition) is 2. The van der Waals surface area contributed by atoms with Crippen molar-refractivity contribution in [1.82, 2.24) is 0 Å². The van der Waals surface area contributed by atoms with Crippen LogP contribution in [0.4, 0.5) is 0 Å². The van der Waals surface area contributed by atoms with E-state index >= 15 is 0 Å². The van der Waals surface area contributed by atoms with E-state index in [1.54, 1.807) is 0 Å². The number of carboxylic acid groups (broad SMARTS) is 2. The quantitative estimate of drug-likeness (QED) is 0.460. The van der Waals surface area contributed by atoms with Crippen molar-refractivity contribution in [3.63, 3.8) is 0 Å². The number of unbranched alkanes of at least 4 members (excludes halogenated alkanes) is 1. The van der Waals surface area contributed by atoms with Crippen LogP contribution < -0.4 is 0 Å². The van der Waals surface area contributed by atoms with Crippen molar-refractivity contribution in [1.29, 1.82) is 0 Å². The predicted molar refractivity (Wildman–Crippen MR) is 38.3 cm³/mol. The monoisotopic (exact) mass is 158 g/mol. The van der Waals surface area contributed by atoms with E-state index in [9.17, 15) is 9.59 Å². The summed E-state index contributed by atoms with van der Waals surface area (Å²) in [5.74, 6) is -1.85. The van der Waals surface area contributed by atoms with Gasteiger partial charge in [0, 0.05) is 12.5 Å². The maximum Gasteiger partial charge on any atom is 0.327 e. The van der Waals surface area contributed by atoms with Gasteiger partial charge in [-0.25, -0.2) is 4.79 Å². The van der Waals surface area contributed by atoms with E-state index in [4.69, 9.17) is 10.2 Å². The van der Waals surface area contributed by atoms with Crippen LogP contribution in [0.15, 0.2) is 12.2 Å². The first kappa shape index (κ1) is 9.68. The van der Waals surface area contributed by atoms with Gasteiger partial charge in [-0.3, -0.25) is 4.79 Å². The minimum absolute atomic E-state index is 0.0873. The zero-order chi connectivity index (χ0) is 8.69. The maximum atomic E-state index is 9.96. The first-order valence-electron chi connectivity index (χ1n) is 3.24. The average molecular weight is 158 g/mol. The predicted octanol–water partition coefficient (Wildman–Crippen LogP) is 0.882. The van der Waals surface area contributed by atoms with Crippen LogP contribution in [0.2, 0.25) is 0 Å². The Morgan fingerprint density at radius 3 is 2.36 bits per heavy atom. The van der Waals surface area contributed by atoms with E-state index in [1.165, 1.54) is 6.08 Å². The summed E-state index contributed by atoms with van der Waals surface area (Å²) in [5, 5.41) is 16.3. The van der Waals surface area contributed by atoms with Gasteiger partial charge < -0.3 is 10.2 Å². The van der Waals surface area contributed by atoms with Crippen molar-refractivity contribution in [3.05, 3.63) is 12.2 Å². The molecule has 0 aliphatic heterocycles. The van der Waals surface area contributed by atoms with Gasteiger partial charge in [0.05, 0.1) is 0 Å². The number of hydrogen-bond acceptors (Lipinski definition) is 2. The van der Waals surface area contributed by atoms with Crippen LogP contribution in [0.1, 0.15) is 19.3 Å². The first-order valence-corrected chi connectivity index (χ1v) is 3.24. The summed E-state index contributed by atoms with van der Waals surface area (Å²) < 4.78 is 0. The van der Waals surface area contributed by atoms with Crippen molar-refractivity contribution in [3.8, 4) is 0 Å². The molecule has 0 aromatic heterocycles. The van der Waals surface area contributed by atoms with Gasteiger partial charge in [-0.2, -0.15) is 0 Å². The van der Waals surface area contributed by atoms with Crippen molar-refractivity contribution in [2.75, 3.05) is 0 Å². The van der Waals surface area contributed by atoms with Crippen molar-refractivity contribution < 1.29 is 19.8 Å². The van der Waals surface area contributed by atoms with E-state index in [2.05, 4.69) is 0 Å². The number of carbonyl (C=O) groups is 2. The summed E-state index contributed by atoms with van der Waals surface area (Å²) in [6, 6.07) is 0. The van der Waals surface area contributed by atoms with Gasteiger partial charge in [0.2, 0.25) is 0 Å². The summed E-state index contributed by atoms with van der Waals surface area (Å²) in [7, 11) is 0. The molecule has 0 aliphatic carbocycles. The molecule has 0 bridgehead atoms. The smallest absolute Gasteiger partial charge is 0.327 e. The third-order valence-electron chi connectivity index (χ3n) is 1.02. The van der Waals surface area contributed by atoms with Crippen LogP contribution in [0.3, 0.4) is 0 Å². The Labute approximate surface area is 64.2 Å². The number of rotatable bonds is 5. The van der Waals surface area contributed by atoms with E-state index in [0.29, 0.717) is 12.8 Å². The second-order valence-electron chi connectivity index (χ2n) is 2.03. The fourth-order valence-corrected chi connectivity index (χ4v) is 0.555. The number of aliphatic carboxylic acids is 2. The molecular weight excluding hydrogens is 148 g/mol. The molecule has 0 saturated heterocycles. The lowest BCUT2D eigenvalue weighted by atomic mass is 10.2. The summed E-state index contributed by atoms with van der Waals surface area (Å²) in [6.07, 6.45) is 3.54. The van der Waals surface area contributed by atoms with Crippen LogP contribution >= 0.6 is 0 Å². The minimum atomic E-state index is -1.000. The van der Waals surface area contributed by atoms with Crippen LogP contribution in [-0.2, 0) is 9.59 Å². The van der Waals surface area contributed by atoms with Gasteiger partial charge >= 0.3 is 11.9 Å². The third kappa shape index (κ3) is 8.68. The molecule has 0 rings (SSSR count). The lowest BCUT2D eigenvalue weighted by molar-refractivity contribution is -0.137. The van der Waals surface area contributed by atoms with Gasteiger partial charge in [-0.05, 0) is 12.8 Å². The molecule has 4 heteroatoms. The van der Waals surface area contributed by atoms with E-state index in [1.807, 2.05) is 0 Å². The third-order valence-corrected chi connectivity index (χ3v) is 1.02. The highest BCUT2D eigenvalue weighted by Gasteiger charge is 1.93. The Morgan fingerprint density at radius 2 is 1.91 bits per heavy atom. The first-order chi connectivity index (χ1) is 5.13. The van der Waals surface area contributed by atoms with Gasteiger partial charge in [0.25, 0.3) is 0 Å². The highest BCUT2D eigenvalue weighted by atomic mass is 16.4. The average Bonchev–Trinajstić information content (AvgIpc) is 1.85. The lowest BCUT2D eigenvalue weighted by Crippen LogP contribution is -1.93. The summed E-state index contributed by atoms with van der Waals surface area (Å²) in [6.45, 7) is 0. The molecular formula is C7H10O4. The molecule has 11 heavy (non-hydrogen) atoms. The summed E-state index contributed by atoms with van der Waals surface area (Å²) >= 11 is 0. The second kappa shape index (κ2) is 5.46. The van der Waals surface area contributed by atoms with E-state index in [-0.39, 0.29) is 6.42 Å². The summed E-state index contributed by atoms with van der Waals surface area (Å²) in [4.78, 5) is 19.8. The molecule has 62 valence electrons. The minimum Gasteiger partial charge on any atom is -0.481 e. The standard InChI is InChI=1S/C7H10O4/c8-6(9)4-2-1-3-5-7(10)11/h2,4H,1,3,5H2,(H,8,9)(H,10,11)/b4-2-. The van der Waals surface area contributed by atoms with Crippen LogP contribution in [0.25, 0.3) is 0 Å². The lowest BCUT2D eigenvalue weighted by Gasteiger charge is -1.88. The van der Waals surface area contributed by atoms with E-state index < -0.39 is 11.9 Å². The zero-order valence-corrected chi connectivity index (χ0v) is 5.99. The molecule has 0 saturated carbocycles. The van der Waals surface area contributed by atoms with Crippen molar-refractivity contribution in [2.24, 2.45) is 0 Å². The molecule has 4 nitrogen and oxygen atoms in total. The zero-order valence-electron chi connectivity index (χ0n) is 5.99. The van der Waals surface area contributed by atoms with E-state index in [0.717, 1.165) is 6.08 Å². The number of carboxylic acids is 2. The van der Waals surface area contributed by atoms with Crippen molar-refractivity contribution >= 4 is 11.9 Å². The maximum absolute atomic E-state index is 9.96. The number of allylic oxidation sites excluding steroid dienone is 1. The Kier molecular flexibility index (Phi) is 4.81. The SMILES string of the molecule is O=C(O)/C=C\CCCC(=O)O. The molecule has 0 unspecified atom stereocenters. The Balaban J connectivity index is 3.27. The molecule has 0 radical (unpaired) electrons. The Bertz CT molecular complexity index is 171. The molecule has 0 atom stereocenters. The molecule has 0 spiro atoms. The van der Waals surface area contributed by atoms with Gasteiger partial charge in [0.15, 0.2) is 0 Å². The van der Waals surface area contributed by atoms with Gasteiger partial charge in [-0.15, -0.1) is 0 Å². The topological polar surface area (TPSA) is 74.6 Å². The molecule has 0 aromatic carbocycles. The van der Waals surface area contributed by atoms with Crippen LogP contribution in [0, 0.1) is 0 Å². The second-order valence-corrected chi connectivity index (χ2v) is 2.03. The highest BCUT2D eigenvalue weighted by molar-refractivity contribution is 5.79. The van der Waals surface area contributed by atoms with Gasteiger partial charge in [-0.1, -0.05) is 6.08 Å². The van der Waals surface area contributed by atoms with Crippen LogP contribution in [-0.4, -0.2) is 22.2 Å². The summed E-state index contributed by atoms with van der Waals surface area (Å²) in [5.41, 5.74) is 0. The molecule has 0 aromatic rings.